The second kappa shape index (κ2) is 17.0. The Morgan fingerprint density at radius 2 is 1.87 bits per heavy atom. The van der Waals surface area contributed by atoms with Crippen molar-refractivity contribution < 1.29 is 27.9 Å². The summed E-state index contributed by atoms with van der Waals surface area (Å²) in [5, 5.41) is 15.3. The molecule has 5 N–H and O–H groups in total. The number of aliphatic imine (C=N–C) groups is 1. The number of hydrogen-bond acceptors (Lipinski definition) is 9. The maximum atomic E-state index is 14.1. The van der Waals surface area contributed by atoms with Crippen LogP contribution in [-0.4, -0.2) is 68.8 Å². The molecule has 2 amide bonds. The van der Waals surface area contributed by atoms with E-state index >= 15 is 0 Å². The molecule has 6 unspecified atom stereocenters. The molecule has 0 bridgehead atoms. The standard InChI is InChI=1S/C40H50N6O6S2/c1-24-22-32(51-5)25(2)26(3)35(24)54(50)52-45-39(41)42-21-11-15-30(34(47)37-44-29-14-9-10-16-33(29)53-37)43-36(48)31-18-17-28-19-20-40(4,38(49)46(28)31)23-27-12-7-6-8-13-27/h6-10,12-14,16,22,28,30-31,34,47H,11,15,17-21,23H2,1-5H3,(H,43,48)(H3,41,42,45). The van der Waals surface area contributed by atoms with Gasteiger partial charge in [0.1, 0.15) is 22.9 Å². The fourth-order valence-electron chi connectivity index (χ4n) is 7.78. The van der Waals surface area contributed by atoms with Crippen molar-refractivity contribution in [2.45, 2.75) is 102 Å². The van der Waals surface area contributed by atoms with Crippen molar-refractivity contribution in [3.05, 3.63) is 87.9 Å². The molecule has 0 spiro atoms. The molecule has 0 saturated carbocycles. The molecule has 0 radical (unpaired) electrons. The minimum atomic E-state index is -1.87. The van der Waals surface area contributed by atoms with Gasteiger partial charge in [-0.1, -0.05) is 49.4 Å². The summed E-state index contributed by atoms with van der Waals surface area (Å²) in [7, 11) is 1.59. The molecule has 4 aromatic rings. The van der Waals surface area contributed by atoms with E-state index in [0.717, 1.165) is 51.7 Å². The van der Waals surface area contributed by atoms with Crippen molar-refractivity contribution in [2.75, 3.05) is 13.7 Å². The van der Waals surface area contributed by atoms with Crippen LogP contribution in [0.15, 0.2) is 70.6 Å². The Hall–Kier alpha value is -4.37. The predicted octanol–water partition coefficient (Wildman–Crippen LogP) is 5.49. The normalized spacial score (nSPS) is 21.8. The number of aliphatic hydroxyl groups excluding tert-OH is 1. The number of methoxy groups -OCH3 is 1. The molecule has 14 heteroatoms. The van der Waals surface area contributed by atoms with Gasteiger partial charge in [-0.15, -0.1) is 11.3 Å². The largest absolute Gasteiger partial charge is 0.496 e. The minimum absolute atomic E-state index is 0.0106. The number of thiazole rings is 1. The first kappa shape index (κ1) is 39.3. The van der Waals surface area contributed by atoms with Crippen LogP contribution in [-0.2, 0) is 31.4 Å². The highest BCUT2D eigenvalue weighted by Gasteiger charge is 2.51. The van der Waals surface area contributed by atoms with Gasteiger partial charge < -0.3 is 25.8 Å². The number of nitrogens with one attached hydrogen (secondary N) is 2. The Morgan fingerprint density at radius 3 is 2.61 bits per heavy atom. The van der Waals surface area contributed by atoms with Gasteiger partial charge in [-0.2, -0.15) is 4.28 Å². The molecule has 6 atom stereocenters. The van der Waals surface area contributed by atoms with Crippen LogP contribution < -0.4 is 21.3 Å². The summed E-state index contributed by atoms with van der Waals surface area (Å²) in [6.45, 7) is 7.83. The first-order valence-electron chi connectivity index (χ1n) is 18.4. The summed E-state index contributed by atoms with van der Waals surface area (Å²) in [5.41, 5.74) is 12.2. The molecular formula is C40H50N6O6S2. The van der Waals surface area contributed by atoms with Gasteiger partial charge >= 0.3 is 0 Å². The lowest BCUT2D eigenvalue weighted by Crippen LogP contribution is -2.58. The Labute approximate surface area is 323 Å². The molecule has 2 fully saturated rings. The van der Waals surface area contributed by atoms with Gasteiger partial charge in [0.2, 0.25) is 28.9 Å². The van der Waals surface area contributed by atoms with Crippen LogP contribution in [0, 0.1) is 26.2 Å². The molecule has 12 nitrogen and oxygen atoms in total. The number of aryl methyl sites for hydroxylation is 1. The number of fused-ring (bicyclic) bond motifs is 2. The number of hydrogen-bond donors (Lipinski definition) is 4. The van der Waals surface area contributed by atoms with Gasteiger partial charge in [-0.25, -0.2) is 14.7 Å². The zero-order valence-corrected chi connectivity index (χ0v) is 33.1. The van der Waals surface area contributed by atoms with Crippen LogP contribution in [0.3, 0.4) is 0 Å². The Balaban J connectivity index is 1.12. The number of carbonyl (C=O) groups excluding carboxylic acids is 2. The molecule has 0 aliphatic carbocycles. The van der Waals surface area contributed by atoms with Crippen molar-refractivity contribution >= 4 is 50.4 Å². The lowest BCUT2D eigenvalue weighted by Gasteiger charge is -2.43. The first-order valence-corrected chi connectivity index (χ1v) is 20.3. The molecule has 3 aromatic carbocycles. The summed E-state index contributed by atoms with van der Waals surface area (Å²) >= 11 is -0.486. The predicted molar refractivity (Wildman–Crippen MR) is 211 cm³/mol. The number of nitrogens with zero attached hydrogens (tertiary/aromatic N) is 3. The van der Waals surface area contributed by atoms with E-state index in [1.165, 1.54) is 11.3 Å². The molecule has 1 aromatic heterocycles. The second-order valence-electron chi connectivity index (χ2n) is 14.6. The van der Waals surface area contributed by atoms with Crippen molar-refractivity contribution in [3.63, 3.8) is 0 Å². The molecule has 3 heterocycles. The third-order valence-corrected chi connectivity index (χ3v) is 13.1. The van der Waals surface area contributed by atoms with Crippen LogP contribution in [0.5, 0.6) is 5.75 Å². The third kappa shape index (κ3) is 8.46. The van der Waals surface area contributed by atoms with Crippen LogP contribution in [0.25, 0.3) is 10.2 Å². The smallest absolute Gasteiger partial charge is 0.243 e. The zero-order valence-electron chi connectivity index (χ0n) is 31.5. The van der Waals surface area contributed by atoms with E-state index < -0.39 is 34.7 Å². The number of guanidine groups is 1. The molecule has 2 saturated heterocycles. The minimum Gasteiger partial charge on any atom is -0.496 e. The number of aliphatic hydroxyl groups is 1. The number of rotatable bonds is 14. The Bertz CT molecular complexity index is 2010. The second-order valence-corrected chi connectivity index (χ2v) is 16.7. The van der Waals surface area contributed by atoms with Gasteiger partial charge in [0.15, 0.2) is 0 Å². The van der Waals surface area contributed by atoms with Crippen molar-refractivity contribution in [1.82, 2.24) is 20.7 Å². The molecule has 288 valence electrons. The summed E-state index contributed by atoms with van der Waals surface area (Å²) in [4.78, 5) is 39.6. The third-order valence-electron chi connectivity index (χ3n) is 10.8. The van der Waals surface area contributed by atoms with Crippen LogP contribution >= 0.6 is 11.3 Å². The number of aromatic nitrogens is 1. The number of benzene rings is 3. The number of hydroxylamine groups is 1. The van der Waals surface area contributed by atoms with E-state index in [-0.39, 0.29) is 30.4 Å². The number of nitrogens with two attached hydrogens (primary N) is 1. The highest BCUT2D eigenvalue weighted by Crippen LogP contribution is 2.43. The fraction of sp³-hybridized carbons (Fsp3) is 0.450. The molecular weight excluding hydrogens is 725 g/mol. The molecule has 2 aliphatic rings. The van der Waals surface area contributed by atoms with Crippen molar-refractivity contribution in [1.29, 1.82) is 0 Å². The Kier molecular flexibility index (Phi) is 12.4. The zero-order chi connectivity index (χ0) is 38.6. The summed E-state index contributed by atoms with van der Waals surface area (Å²) in [6, 6.07) is 18.2. The SMILES string of the molecule is COc1cc(C)c(S(=O)ONC(N)=NCCCC(NC(=O)C2CCC3CCC(C)(Cc4ccccc4)C(=O)N32)C(O)c2nc3ccccc3s2)c(C)c1C. The van der Waals surface area contributed by atoms with Gasteiger partial charge in [-0.3, -0.25) is 14.6 Å². The highest BCUT2D eigenvalue weighted by atomic mass is 32.2. The maximum Gasteiger partial charge on any atom is 0.243 e. The van der Waals surface area contributed by atoms with Crippen molar-refractivity contribution in [2.24, 2.45) is 16.1 Å². The van der Waals surface area contributed by atoms with E-state index in [0.29, 0.717) is 41.3 Å². The average Bonchev–Trinajstić information content (AvgIpc) is 3.80. The summed E-state index contributed by atoms with van der Waals surface area (Å²) < 4.78 is 24.8. The van der Waals surface area contributed by atoms with Gasteiger partial charge in [0, 0.05) is 12.6 Å². The van der Waals surface area contributed by atoms with Gasteiger partial charge in [-0.05, 0) is 106 Å². The average molecular weight is 775 g/mol. The molecule has 6 rings (SSSR count). The van der Waals surface area contributed by atoms with E-state index in [1.54, 1.807) is 7.11 Å². The molecule has 2 aliphatic heterocycles. The number of carbonyl (C=O) groups is 2. The van der Waals surface area contributed by atoms with E-state index in [4.69, 9.17) is 14.8 Å². The quantitative estimate of drug-likeness (QED) is 0.0561. The number of para-hydroxylation sites is 1. The lowest BCUT2D eigenvalue weighted by atomic mass is 9.74. The van der Waals surface area contributed by atoms with Crippen LogP contribution in [0.4, 0.5) is 0 Å². The van der Waals surface area contributed by atoms with E-state index in [2.05, 4.69) is 20.8 Å². The number of amides is 2. The van der Waals surface area contributed by atoms with Crippen molar-refractivity contribution in [3.8, 4) is 5.75 Å². The topological polar surface area (TPSA) is 168 Å². The van der Waals surface area contributed by atoms with Crippen LogP contribution in [0.1, 0.15) is 78.8 Å². The number of piperidine rings is 1. The summed E-state index contributed by atoms with van der Waals surface area (Å²) in [6.07, 6.45) is 3.27. The van der Waals surface area contributed by atoms with E-state index in [1.807, 2.05) is 93.3 Å². The monoisotopic (exact) mass is 774 g/mol. The van der Waals surface area contributed by atoms with E-state index in [9.17, 15) is 18.9 Å². The first-order chi connectivity index (χ1) is 25.9. The maximum absolute atomic E-state index is 14.1. The lowest BCUT2D eigenvalue weighted by molar-refractivity contribution is -0.153. The highest BCUT2D eigenvalue weighted by molar-refractivity contribution is 7.80. The molecule has 54 heavy (non-hydrogen) atoms. The van der Waals surface area contributed by atoms with Crippen LogP contribution in [0.2, 0.25) is 0 Å². The van der Waals surface area contributed by atoms with Gasteiger partial charge in [0.05, 0.1) is 33.7 Å². The van der Waals surface area contributed by atoms with Gasteiger partial charge in [0.25, 0.3) is 0 Å². The summed E-state index contributed by atoms with van der Waals surface area (Å²) in [5.74, 6) is 0.378. The fourth-order valence-corrected chi connectivity index (χ4v) is 9.77. The Morgan fingerprint density at radius 1 is 1.13 bits per heavy atom. The number of ether oxygens (including phenoxy) is 1.